The van der Waals surface area contributed by atoms with Crippen LogP contribution in [-0.2, 0) is 6.42 Å². The predicted octanol–water partition coefficient (Wildman–Crippen LogP) is 4.29. The Hall–Kier alpha value is -0.850. The molecule has 1 aromatic rings. The molecule has 0 amide bonds. The summed E-state index contributed by atoms with van der Waals surface area (Å²) < 4.78 is 0. The van der Waals surface area contributed by atoms with Crippen LogP contribution in [0.3, 0.4) is 0 Å². The van der Waals surface area contributed by atoms with Crippen molar-refractivity contribution in [2.45, 2.75) is 58.8 Å². The monoisotopic (exact) mass is 205 g/mol. The standard InChI is InChI=1S/C14H23N/c1-3-4-5-6-7-8-9-14-10-13(2)11-15-12-14/h10-12H,3-9H2,1-2H3. The van der Waals surface area contributed by atoms with E-state index in [0.29, 0.717) is 0 Å². The van der Waals surface area contributed by atoms with Gasteiger partial charge in [0.1, 0.15) is 0 Å². The van der Waals surface area contributed by atoms with E-state index in [2.05, 4.69) is 24.9 Å². The molecule has 0 aliphatic heterocycles. The molecule has 0 N–H and O–H groups in total. The fourth-order valence-corrected chi connectivity index (χ4v) is 1.86. The minimum absolute atomic E-state index is 1.20. The van der Waals surface area contributed by atoms with Gasteiger partial charge < -0.3 is 0 Å². The molecule has 1 heterocycles. The molecule has 84 valence electrons. The molecule has 0 fully saturated rings. The van der Waals surface area contributed by atoms with Crippen LogP contribution in [0.1, 0.15) is 56.6 Å². The molecule has 0 bridgehead atoms. The second-order valence-electron chi connectivity index (χ2n) is 4.39. The Morgan fingerprint density at radius 3 is 2.47 bits per heavy atom. The first-order valence-corrected chi connectivity index (χ1v) is 6.23. The third kappa shape index (κ3) is 5.56. The van der Waals surface area contributed by atoms with Crippen LogP contribution in [0.25, 0.3) is 0 Å². The van der Waals surface area contributed by atoms with E-state index < -0.39 is 0 Å². The van der Waals surface area contributed by atoms with E-state index in [1.165, 1.54) is 56.1 Å². The van der Waals surface area contributed by atoms with Crippen molar-refractivity contribution in [1.29, 1.82) is 0 Å². The average Bonchev–Trinajstić information content (AvgIpc) is 2.23. The summed E-state index contributed by atoms with van der Waals surface area (Å²) in [5.74, 6) is 0. The molecule has 1 heteroatoms. The van der Waals surface area contributed by atoms with Crippen LogP contribution in [0.4, 0.5) is 0 Å². The van der Waals surface area contributed by atoms with Crippen molar-refractivity contribution in [3.8, 4) is 0 Å². The summed E-state index contributed by atoms with van der Waals surface area (Å²) in [4.78, 5) is 4.21. The molecular weight excluding hydrogens is 182 g/mol. The van der Waals surface area contributed by atoms with Gasteiger partial charge in [0.05, 0.1) is 0 Å². The minimum Gasteiger partial charge on any atom is -0.264 e. The number of nitrogens with zero attached hydrogens (tertiary/aromatic N) is 1. The Labute approximate surface area is 93.9 Å². The van der Waals surface area contributed by atoms with E-state index in [1.54, 1.807) is 0 Å². The van der Waals surface area contributed by atoms with E-state index >= 15 is 0 Å². The van der Waals surface area contributed by atoms with Crippen LogP contribution in [0.15, 0.2) is 18.5 Å². The van der Waals surface area contributed by atoms with Gasteiger partial charge in [-0.2, -0.15) is 0 Å². The van der Waals surface area contributed by atoms with Gasteiger partial charge in [-0.15, -0.1) is 0 Å². The number of pyridine rings is 1. The number of hydrogen-bond donors (Lipinski definition) is 0. The van der Waals surface area contributed by atoms with Gasteiger partial charge in [0, 0.05) is 12.4 Å². The van der Waals surface area contributed by atoms with Crippen molar-refractivity contribution in [1.82, 2.24) is 4.98 Å². The van der Waals surface area contributed by atoms with Crippen molar-refractivity contribution in [2.75, 3.05) is 0 Å². The van der Waals surface area contributed by atoms with E-state index in [0.717, 1.165) is 0 Å². The van der Waals surface area contributed by atoms with Crippen LogP contribution in [0.2, 0.25) is 0 Å². The first-order chi connectivity index (χ1) is 7.33. The van der Waals surface area contributed by atoms with Crippen LogP contribution in [0.5, 0.6) is 0 Å². The smallest absolute Gasteiger partial charge is 0.0300 e. The van der Waals surface area contributed by atoms with Gasteiger partial charge in [-0.1, -0.05) is 45.1 Å². The van der Waals surface area contributed by atoms with Crippen molar-refractivity contribution in [3.05, 3.63) is 29.6 Å². The summed E-state index contributed by atoms with van der Waals surface area (Å²) in [6, 6.07) is 2.25. The van der Waals surface area contributed by atoms with E-state index in [1.807, 2.05) is 12.4 Å². The average molecular weight is 205 g/mol. The van der Waals surface area contributed by atoms with E-state index in [4.69, 9.17) is 0 Å². The Morgan fingerprint density at radius 2 is 1.73 bits per heavy atom. The summed E-state index contributed by atoms with van der Waals surface area (Å²) in [5.41, 5.74) is 2.67. The molecule has 0 saturated carbocycles. The lowest BCUT2D eigenvalue weighted by molar-refractivity contribution is 0.607. The third-order valence-corrected chi connectivity index (χ3v) is 2.75. The lowest BCUT2D eigenvalue weighted by atomic mass is 10.1. The first-order valence-electron chi connectivity index (χ1n) is 6.23. The zero-order chi connectivity index (χ0) is 10.9. The van der Waals surface area contributed by atoms with Crippen molar-refractivity contribution < 1.29 is 0 Å². The van der Waals surface area contributed by atoms with Gasteiger partial charge >= 0.3 is 0 Å². The summed E-state index contributed by atoms with van der Waals surface area (Å²) in [7, 11) is 0. The van der Waals surface area contributed by atoms with Crippen LogP contribution in [0, 0.1) is 6.92 Å². The molecule has 1 rings (SSSR count). The number of hydrogen-bond acceptors (Lipinski definition) is 1. The molecule has 0 aromatic carbocycles. The highest BCUT2D eigenvalue weighted by Crippen LogP contribution is 2.09. The van der Waals surface area contributed by atoms with Crippen molar-refractivity contribution >= 4 is 0 Å². The summed E-state index contributed by atoms with van der Waals surface area (Å²) >= 11 is 0. The quantitative estimate of drug-likeness (QED) is 0.605. The van der Waals surface area contributed by atoms with Crippen LogP contribution < -0.4 is 0 Å². The lowest BCUT2D eigenvalue weighted by Gasteiger charge is -2.02. The van der Waals surface area contributed by atoms with Crippen LogP contribution in [-0.4, -0.2) is 4.98 Å². The predicted molar refractivity (Wildman–Crippen MR) is 66.1 cm³/mol. The molecule has 0 aliphatic carbocycles. The van der Waals surface area contributed by atoms with E-state index in [9.17, 15) is 0 Å². The molecule has 0 atom stereocenters. The molecule has 0 unspecified atom stereocenters. The number of aryl methyl sites for hydroxylation is 2. The molecular formula is C14H23N. The molecule has 0 spiro atoms. The topological polar surface area (TPSA) is 12.9 Å². The molecule has 15 heavy (non-hydrogen) atoms. The second kappa shape index (κ2) is 7.44. The summed E-state index contributed by atoms with van der Waals surface area (Å²) in [5, 5.41) is 0. The first kappa shape index (κ1) is 12.2. The number of unbranched alkanes of at least 4 members (excludes halogenated alkanes) is 5. The third-order valence-electron chi connectivity index (χ3n) is 2.75. The van der Waals surface area contributed by atoms with Gasteiger partial charge in [0.2, 0.25) is 0 Å². The van der Waals surface area contributed by atoms with Gasteiger partial charge in [-0.3, -0.25) is 4.98 Å². The second-order valence-corrected chi connectivity index (χ2v) is 4.39. The number of rotatable bonds is 7. The van der Waals surface area contributed by atoms with Crippen molar-refractivity contribution in [3.63, 3.8) is 0 Å². The zero-order valence-electron chi connectivity index (χ0n) is 10.1. The molecule has 0 aliphatic rings. The fourth-order valence-electron chi connectivity index (χ4n) is 1.86. The minimum atomic E-state index is 1.20. The highest BCUT2D eigenvalue weighted by molar-refractivity contribution is 5.16. The normalized spacial score (nSPS) is 10.5. The maximum Gasteiger partial charge on any atom is 0.0300 e. The number of aromatic nitrogens is 1. The van der Waals surface area contributed by atoms with Crippen molar-refractivity contribution in [2.24, 2.45) is 0 Å². The summed E-state index contributed by atoms with van der Waals surface area (Å²) in [6.07, 6.45) is 13.3. The fraction of sp³-hybridized carbons (Fsp3) is 0.643. The Kier molecular flexibility index (Phi) is 6.06. The molecule has 0 saturated heterocycles. The maximum absolute atomic E-state index is 4.21. The van der Waals surface area contributed by atoms with Gasteiger partial charge in [-0.05, 0) is 30.9 Å². The lowest BCUT2D eigenvalue weighted by Crippen LogP contribution is -1.88. The zero-order valence-corrected chi connectivity index (χ0v) is 10.1. The summed E-state index contributed by atoms with van der Waals surface area (Å²) in [6.45, 7) is 4.37. The molecule has 1 aromatic heterocycles. The molecule has 1 nitrogen and oxygen atoms in total. The molecule has 0 radical (unpaired) electrons. The Morgan fingerprint density at radius 1 is 1.00 bits per heavy atom. The van der Waals surface area contributed by atoms with Gasteiger partial charge in [0.25, 0.3) is 0 Å². The highest BCUT2D eigenvalue weighted by atomic mass is 14.6. The van der Waals surface area contributed by atoms with E-state index in [-0.39, 0.29) is 0 Å². The van der Waals surface area contributed by atoms with Gasteiger partial charge in [0.15, 0.2) is 0 Å². The Bertz CT molecular complexity index is 268. The van der Waals surface area contributed by atoms with Gasteiger partial charge in [-0.25, -0.2) is 0 Å². The SMILES string of the molecule is CCCCCCCCc1cncc(C)c1. The van der Waals surface area contributed by atoms with Crippen LogP contribution >= 0.6 is 0 Å². The maximum atomic E-state index is 4.21. The highest BCUT2D eigenvalue weighted by Gasteiger charge is 1.94. The Balaban J connectivity index is 2.10. The largest absolute Gasteiger partial charge is 0.264 e.